The molecule has 6 nitrogen and oxygen atoms in total. The average Bonchev–Trinajstić information content (AvgIpc) is 2.87. The standard InChI is InChI=1S/C13H22N4O2/c1-9(2)11-14-15-13(19-11)17-7-5-16(6-8-17)12(18)10(3)4/h9-10H,5-8H2,1-4H3. The van der Waals surface area contributed by atoms with E-state index in [4.69, 9.17) is 4.42 Å². The van der Waals surface area contributed by atoms with Gasteiger partial charge in [0, 0.05) is 38.0 Å². The maximum Gasteiger partial charge on any atom is 0.318 e. The largest absolute Gasteiger partial charge is 0.408 e. The smallest absolute Gasteiger partial charge is 0.318 e. The summed E-state index contributed by atoms with van der Waals surface area (Å²) < 4.78 is 5.63. The minimum absolute atomic E-state index is 0.0579. The fourth-order valence-electron chi connectivity index (χ4n) is 2.07. The molecule has 1 amide bonds. The Hall–Kier alpha value is -1.59. The molecule has 1 aromatic heterocycles. The molecule has 0 spiro atoms. The minimum Gasteiger partial charge on any atom is -0.408 e. The van der Waals surface area contributed by atoms with Crippen LogP contribution in [-0.2, 0) is 4.79 Å². The SMILES string of the molecule is CC(C)C(=O)N1CCN(c2nnc(C(C)C)o2)CC1. The highest BCUT2D eigenvalue weighted by atomic mass is 16.4. The number of piperazine rings is 1. The fraction of sp³-hybridized carbons (Fsp3) is 0.769. The van der Waals surface area contributed by atoms with Gasteiger partial charge in [-0.05, 0) is 0 Å². The van der Waals surface area contributed by atoms with E-state index < -0.39 is 0 Å². The molecule has 6 heteroatoms. The fourth-order valence-corrected chi connectivity index (χ4v) is 2.07. The van der Waals surface area contributed by atoms with E-state index in [-0.39, 0.29) is 17.7 Å². The maximum absolute atomic E-state index is 11.9. The van der Waals surface area contributed by atoms with Gasteiger partial charge in [-0.1, -0.05) is 32.8 Å². The van der Waals surface area contributed by atoms with Crippen LogP contribution in [0.2, 0.25) is 0 Å². The summed E-state index contributed by atoms with van der Waals surface area (Å²) >= 11 is 0. The van der Waals surface area contributed by atoms with Crippen molar-refractivity contribution in [1.82, 2.24) is 15.1 Å². The van der Waals surface area contributed by atoms with Crippen LogP contribution < -0.4 is 4.90 Å². The minimum atomic E-state index is 0.0579. The van der Waals surface area contributed by atoms with Crippen LogP contribution in [-0.4, -0.2) is 47.2 Å². The second-order valence-electron chi connectivity index (χ2n) is 5.54. The molecule has 0 aliphatic carbocycles. The van der Waals surface area contributed by atoms with Crippen molar-refractivity contribution in [2.45, 2.75) is 33.6 Å². The van der Waals surface area contributed by atoms with Gasteiger partial charge in [-0.3, -0.25) is 4.79 Å². The van der Waals surface area contributed by atoms with Gasteiger partial charge in [-0.25, -0.2) is 0 Å². The van der Waals surface area contributed by atoms with E-state index in [1.165, 1.54) is 0 Å². The van der Waals surface area contributed by atoms with E-state index in [1.54, 1.807) is 0 Å². The van der Waals surface area contributed by atoms with Gasteiger partial charge in [0.25, 0.3) is 0 Å². The number of carbonyl (C=O) groups is 1. The van der Waals surface area contributed by atoms with Gasteiger partial charge in [0.05, 0.1) is 0 Å². The van der Waals surface area contributed by atoms with Crippen molar-refractivity contribution in [2.75, 3.05) is 31.1 Å². The van der Waals surface area contributed by atoms with E-state index in [0.29, 0.717) is 11.9 Å². The normalized spacial score (nSPS) is 16.5. The first-order chi connectivity index (χ1) is 8.99. The van der Waals surface area contributed by atoms with E-state index in [9.17, 15) is 4.79 Å². The van der Waals surface area contributed by atoms with E-state index in [1.807, 2.05) is 37.5 Å². The lowest BCUT2D eigenvalue weighted by molar-refractivity contribution is -0.134. The Morgan fingerprint density at radius 1 is 1.11 bits per heavy atom. The van der Waals surface area contributed by atoms with Gasteiger partial charge < -0.3 is 14.2 Å². The predicted octanol–water partition coefficient (Wildman–Crippen LogP) is 1.50. The van der Waals surface area contributed by atoms with Gasteiger partial charge in [0.15, 0.2) is 0 Å². The second-order valence-corrected chi connectivity index (χ2v) is 5.54. The van der Waals surface area contributed by atoms with E-state index >= 15 is 0 Å². The Balaban J connectivity index is 1.94. The highest BCUT2D eigenvalue weighted by Gasteiger charge is 2.25. The van der Waals surface area contributed by atoms with Gasteiger partial charge in [0.2, 0.25) is 11.8 Å². The van der Waals surface area contributed by atoms with Gasteiger partial charge >= 0.3 is 6.01 Å². The maximum atomic E-state index is 11.9. The molecule has 0 N–H and O–H groups in total. The summed E-state index contributed by atoms with van der Waals surface area (Å²) in [7, 11) is 0. The van der Waals surface area contributed by atoms with Crippen LogP contribution in [0.3, 0.4) is 0 Å². The first kappa shape index (κ1) is 13.8. The van der Waals surface area contributed by atoms with Crippen molar-refractivity contribution in [3.8, 4) is 0 Å². The van der Waals surface area contributed by atoms with Crippen molar-refractivity contribution in [2.24, 2.45) is 5.92 Å². The number of hydrogen-bond acceptors (Lipinski definition) is 5. The van der Waals surface area contributed by atoms with Gasteiger partial charge in [-0.15, -0.1) is 5.10 Å². The van der Waals surface area contributed by atoms with Crippen molar-refractivity contribution >= 4 is 11.9 Å². The van der Waals surface area contributed by atoms with Crippen LogP contribution in [0.15, 0.2) is 4.42 Å². The average molecular weight is 266 g/mol. The summed E-state index contributed by atoms with van der Waals surface area (Å²) in [5.74, 6) is 1.18. The van der Waals surface area contributed by atoms with Crippen LogP contribution >= 0.6 is 0 Å². The van der Waals surface area contributed by atoms with E-state index in [0.717, 1.165) is 26.2 Å². The summed E-state index contributed by atoms with van der Waals surface area (Å²) in [5, 5.41) is 8.11. The zero-order chi connectivity index (χ0) is 14.0. The third-order valence-electron chi connectivity index (χ3n) is 3.28. The second kappa shape index (κ2) is 5.59. The highest BCUT2D eigenvalue weighted by molar-refractivity contribution is 5.78. The molecular weight excluding hydrogens is 244 g/mol. The van der Waals surface area contributed by atoms with Gasteiger partial charge in [0.1, 0.15) is 0 Å². The van der Waals surface area contributed by atoms with Crippen LogP contribution in [0.4, 0.5) is 6.01 Å². The number of carbonyl (C=O) groups excluding carboxylic acids is 1. The Morgan fingerprint density at radius 3 is 2.21 bits per heavy atom. The zero-order valence-electron chi connectivity index (χ0n) is 12.1. The summed E-state index contributed by atoms with van der Waals surface area (Å²) in [5.41, 5.74) is 0. The summed E-state index contributed by atoms with van der Waals surface area (Å²) in [6.07, 6.45) is 0. The lowest BCUT2D eigenvalue weighted by Gasteiger charge is -2.34. The number of hydrogen-bond donors (Lipinski definition) is 0. The summed E-state index contributed by atoms with van der Waals surface area (Å²) in [6, 6.07) is 0.570. The van der Waals surface area contributed by atoms with Crippen molar-refractivity contribution in [3.05, 3.63) is 5.89 Å². The Morgan fingerprint density at radius 2 is 1.74 bits per heavy atom. The molecule has 1 aliphatic heterocycles. The molecule has 0 bridgehead atoms. The van der Waals surface area contributed by atoms with Crippen LogP contribution in [0.25, 0.3) is 0 Å². The molecule has 2 heterocycles. The first-order valence-corrected chi connectivity index (χ1v) is 6.86. The van der Waals surface area contributed by atoms with Gasteiger partial charge in [-0.2, -0.15) is 0 Å². The number of anilines is 1. The molecule has 1 aliphatic rings. The predicted molar refractivity (Wildman–Crippen MR) is 72.0 cm³/mol. The van der Waals surface area contributed by atoms with Crippen molar-refractivity contribution in [3.63, 3.8) is 0 Å². The molecular formula is C13H22N4O2. The molecule has 2 rings (SSSR count). The van der Waals surface area contributed by atoms with Crippen molar-refractivity contribution in [1.29, 1.82) is 0 Å². The third-order valence-corrected chi connectivity index (χ3v) is 3.28. The summed E-state index contributed by atoms with van der Waals surface area (Å²) in [4.78, 5) is 15.8. The van der Waals surface area contributed by atoms with Crippen LogP contribution in [0.5, 0.6) is 0 Å². The molecule has 19 heavy (non-hydrogen) atoms. The van der Waals surface area contributed by atoms with Crippen LogP contribution in [0.1, 0.15) is 39.5 Å². The zero-order valence-corrected chi connectivity index (χ0v) is 12.1. The summed E-state index contributed by atoms with van der Waals surface area (Å²) in [6.45, 7) is 10.8. The number of amides is 1. The lowest BCUT2D eigenvalue weighted by atomic mass is 10.1. The molecule has 0 unspecified atom stereocenters. The van der Waals surface area contributed by atoms with Crippen LogP contribution in [0, 0.1) is 5.92 Å². The van der Waals surface area contributed by atoms with E-state index in [2.05, 4.69) is 10.2 Å². The Labute approximate surface area is 113 Å². The molecule has 0 saturated carbocycles. The number of rotatable bonds is 3. The third kappa shape index (κ3) is 3.05. The molecule has 1 aromatic rings. The molecule has 1 fully saturated rings. The lowest BCUT2D eigenvalue weighted by Crippen LogP contribution is -2.50. The first-order valence-electron chi connectivity index (χ1n) is 6.86. The molecule has 0 radical (unpaired) electrons. The Bertz CT molecular complexity index is 434. The highest BCUT2D eigenvalue weighted by Crippen LogP contribution is 2.19. The molecule has 106 valence electrons. The number of aromatic nitrogens is 2. The molecule has 0 atom stereocenters. The molecule has 1 saturated heterocycles. The molecule has 0 aromatic carbocycles. The Kier molecular flexibility index (Phi) is 4.07. The van der Waals surface area contributed by atoms with Crippen molar-refractivity contribution < 1.29 is 9.21 Å². The topological polar surface area (TPSA) is 62.5 Å². The number of nitrogens with zero attached hydrogens (tertiary/aromatic N) is 4. The monoisotopic (exact) mass is 266 g/mol. The quantitative estimate of drug-likeness (QED) is 0.829.